The molecule has 4 heterocycles. The van der Waals surface area contributed by atoms with Crippen LogP contribution in [-0.4, -0.2) is 79.7 Å². The number of aromatic nitrogens is 6. The van der Waals surface area contributed by atoms with Crippen molar-refractivity contribution in [3.63, 3.8) is 0 Å². The van der Waals surface area contributed by atoms with Gasteiger partial charge in [-0.05, 0) is 74.4 Å². The second-order valence-electron chi connectivity index (χ2n) is 13.3. The Kier molecular flexibility index (Phi) is 9.87. The van der Waals surface area contributed by atoms with Crippen LogP contribution in [0.15, 0.2) is 90.5 Å². The van der Waals surface area contributed by atoms with Crippen molar-refractivity contribution in [3.8, 4) is 11.4 Å². The van der Waals surface area contributed by atoms with Gasteiger partial charge in [0.25, 0.3) is 0 Å². The van der Waals surface area contributed by atoms with Gasteiger partial charge in [-0.1, -0.05) is 13.0 Å². The van der Waals surface area contributed by atoms with Gasteiger partial charge >= 0.3 is 5.69 Å². The molecule has 0 spiro atoms. The summed E-state index contributed by atoms with van der Waals surface area (Å²) < 4.78 is 45.6. The minimum atomic E-state index is -1.02. The van der Waals surface area contributed by atoms with Crippen LogP contribution in [0, 0.1) is 17.6 Å². The quantitative estimate of drug-likeness (QED) is 0.200. The van der Waals surface area contributed by atoms with Crippen LogP contribution in [-0.2, 0) is 16.9 Å². The average Bonchev–Trinajstić information content (AvgIpc) is 3.90. The predicted octanol–water partition coefficient (Wildman–Crippen LogP) is 4.57. The first-order valence-corrected chi connectivity index (χ1v) is 17.3. The normalized spacial score (nSPS) is 20.5. The van der Waals surface area contributed by atoms with Crippen LogP contribution in [0.1, 0.15) is 38.3 Å². The Bertz CT molecular complexity index is 1960. The number of anilines is 2. The Hall–Kier alpha value is -5.08. The highest BCUT2D eigenvalue weighted by Gasteiger charge is 2.44. The highest BCUT2D eigenvalue weighted by Crippen LogP contribution is 2.42. The molecule has 0 saturated carbocycles. The molecule has 1 N–H and O–H groups in total. The third kappa shape index (κ3) is 7.24. The number of ether oxygens (including phenoxy) is 2. The lowest BCUT2D eigenvalue weighted by atomic mass is 9.87. The standard InChI is InChI=1S/C37H42F2N8O4/c1-3-35(26(2)48)46-25-42-47(36(46)49)31-7-5-29(6-8-31)43-14-16-44(17-15-43)30-9-11-32(12-10-30)50-20-27-19-37(51-21-27,22-45-24-40-23-41-45)33-13-4-28(38)18-34(33)39/h4-13,18,23-27,35,48H,3,14-17,19-22H2,1-2H3/t26?,27-,35?,37+/m0/s1. The average molecular weight is 701 g/mol. The molecule has 3 aromatic carbocycles. The number of piperazine rings is 1. The minimum Gasteiger partial charge on any atom is -0.493 e. The summed E-state index contributed by atoms with van der Waals surface area (Å²) in [6, 6.07) is 19.1. The Morgan fingerprint density at radius 3 is 2.22 bits per heavy atom. The molecule has 0 amide bonds. The van der Waals surface area contributed by atoms with Gasteiger partial charge in [-0.25, -0.2) is 23.2 Å². The second kappa shape index (κ2) is 14.6. The van der Waals surface area contributed by atoms with Gasteiger partial charge in [0, 0.05) is 55.1 Å². The summed E-state index contributed by atoms with van der Waals surface area (Å²) >= 11 is 0. The van der Waals surface area contributed by atoms with Crippen molar-refractivity contribution in [1.82, 2.24) is 29.1 Å². The molecular weight excluding hydrogens is 658 g/mol. The van der Waals surface area contributed by atoms with Crippen LogP contribution in [0.4, 0.5) is 20.2 Å². The maximum absolute atomic E-state index is 15.0. The van der Waals surface area contributed by atoms with Gasteiger partial charge in [-0.15, -0.1) is 0 Å². The fourth-order valence-electron chi connectivity index (χ4n) is 7.27. The van der Waals surface area contributed by atoms with E-state index in [0.717, 1.165) is 49.4 Å². The zero-order valence-electron chi connectivity index (χ0n) is 28.7. The molecule has 4 atom stereocenters. The summed E-state index contributed by atoms with van der Waals surface area (Å²) in [6.45, 7) is 7.98. The zero-order chi connectivity index (χ0) is 35.5. The van der Waals surface area contributed by atoms with Crippen LogP contribution in [0.25, 0.3) is 5.69 Å². The smallest absolute Gasteiger partial charge is 0.350 e. The van der Waals surface area contributed by atoms with E-state index in [1.165, 1.54) is 34.0 Å². The van der Waals surface area contributed by atoms with Gasteiger partial charge in [-0.3, -0.25) is 4.57 Å². The summed E-state index contributed by atoms with van der Waals surface area (Å²) in [4.78, 5) is 21.7. The van der Waals surface area contributed by atoms with E-state index < -0.39 is 23.3 Å². The number of benzene rings is 3. The van der Waals surface area contributed by atoms with Gasteiger partial charge in [0.15, 0.2) is 0 Å². The van der Waals surface area contributed by atoms with Crippen molar-refractivity contribution in [2.45, 2.75) is 51.0 Å². The van der Waals surface area contributed by atoms with E-state index in [4.69, 9.17) is 9.47 Å². The molecule has 2 aliphatic rings. The van der Waals surface area contributed by atoms with E-state index in [-0.39, 0.29) is 24.2 Å². The van der Waals surface area contributed by atoms with Crippen molar-refractivity contribution in [3.05, 3.63) is 113 Å². The Labute approximate surface area is 294 Å². The Morgan fingerprint density at radius 2 is 1.61 bits per heavy atom. The molecule has 2 aromatic heterocycles. The van der Waals surface area contributed by atoms with E-state index >= 15 is 0 Å². The molecule has 7 rings (SSSR count). The largest absolute Gasteiger partial charge is 0.493 e. The van der Waals surface area contributed by atoms with Crippen LogP contribution in [0.2, 0.25) is 0 Å². The number of halogens is 2. The third-order valence-electron chi connectivity index (χ3n) is 9.97. The third-order valence-corrected chi connectivity index (χ3v) is 9.97. The lowest BCUT2D eigenvalue weighted by Gasteiger charge is -2.37. The molecule has 51 heavy (non-hydrogen) atoms. The highest BCUT2D eigenvalue weighted by molar-refractivity contribution is 5.54. The summed E-state index contributed by atoms with van der Waals surface area (Å²) in [6.07, 6.45) is 4.92. The monoisotopic (exact) mass is 700 g/mol. The second-order valence-corrected chi connectivity index (χ2v) is 13.3. The number of nitrogens with zero attached hydrogens (tertiary/aromatic N) is 8. The van der Waals surface area contributed by atoms with Crippen molar-refractivity contribution in [2.75, 3.05) is 49.2 Å². The van der Waals surface area contributed by atoms with Crippen LogP contribution in [0.3, 0.4) is 0 Å². The molecule has 2 aliphatic heterocycles. The van der Waals surface area contributed by atoms with Crippen molar-refractivity contribution in [1.29, 1.82) is 0 Å². The molecule has 0 aliphatic carbocycles. The number of aliphatic hydroxyl groups excluding tert-OH is 1. The van der Waals surface area contributed by atoms with Crippen molar-refractivity contribution < 1.29 is 23.4 Å². The summed E-state index contributed by atoms with van der Waals surface area (Å²) in [7, 11) is 0. The molecule has 268 valence electrons. The van der Waals surface area contributed by atoms with E-state index in [0.29, 0.717) is 37.3 Å². The molecule has 2 saturated heterocycles. The van der Waals surface area contributed by atoms with Crippen LogP contribution < -0.4 is 20.2 Å². The van der Waals surface area contributed by atoms with Crippen molar-refractivity contribution >= 4 is 11.4 Å². The highest BCUT2D eigenvalue weighted by atomic mass is 19.1. The zero-order valence-corrected chi connectivity index (χ0v) is 28.7. The Balaban J connectivity index is 0.923. The van der Waals surface area contributed by atoms with Gasteiger partial charge in [0.2, 0.25) is 0 Å². The maximum Gasteiger partial charge on any atom is 0.350 e. The molecule has 2 fully saturated rings. The molecule has 5 aromatic rings. The SMILES string of the molecule is CCC(C(C)O)n1cnn(-c2ccc(N3CCN(c4ccc(OC[C@H]5CO[C@](Cn6cncn6)(c6ccc(F)cc6F)C5)cc4)CC3)cc2)c1=O. The first-order valence-electron chi connectivity index (χ1n) is 17.3. The molecule has 2 unspecified atom stereocenters. The van der Waals surface area contributed by atoms with E-state index in [1.807, 2.05) is 43.3 Å². The predicted molar refractivity (Wildman–Crippen MR) is 187 cm³/mol. The molecule has 0 bridgehead atoms. The molecule has 0 radical (unpaired) electrons. The topological polar surface area (TPSA) is 116 Å². The molecule has 12 nitrogen and oxygen atoms in total. The molecule has 14 heteroatoms. The lowest BCUT2D eigenvalue weighted by Crippen LogP contribution is -2.46. The first-order chi connectivity index (χ1) is 24.7. The van der Waals surface area contributed by atoms with Crippen LogP contribution in [0.5, 0.6) is 5.75 Å². The fourth-order valence-corrected chi connectivity index (χ4v) is 7.27. The minimum absolute atomic E-state index is 0.0125. The van der Waals surface area contributed by atoms with Crippen molar-refractivity contribution in [2.24, 2.45) is 5.92 Å². The Morgan fingerprint density at radius 1 is 0.941 bits per heavy atom. The van der Waals surface area contributed by atoms with E-state index in [9.17, 15) is 18.7 Å². The van der Waals surface area contributed by atoms with Gasteiger partial charge in [-0.2, -0.15) is 14.9 Å². The van der Waals surface area contributed by atoms with Gasteiger partial charge in [0.1, 0.15) is 42.0 Å². The molecular formula is C37H42F2N8O4. The first kappa shape index (κ1) is 34.4. The fraction of sp³-hybridized carbons (Fsp3) is 0.405. The summed E-state index contributed by atoms with van der Waals surface area (Å²) in [5.74, 6) is -0.564. The van der Waals surface area contributed by atoms with E-state index in [2.05, 4.69) is 37.1 Å². The summed E-state index contributed by atoms with van der Waals surface area (Å²) in [5.41, 5.74) is 1.87. The van der Waals surface area contributed by atoms with Gasteiger partial charge < -0.3 is 24.4 Å². The number of aliphatic hydroxyl groups is 1. The number of rotatable bonds is 12. The lowest BCUT2D eigenvalue weighted by molar-refractivity contribution is -0.0206. The number of hydrogen-bond acceptors (Lipinski definition) is 9. The summed E-state index contributed by atoms with van der Waals surface area (Å²) in [5, 5.41) is 18.5. The van der Waals surface area contributed by atoms with E-state index in [1.54, 1.807) is 17.9 Å². The maximum atomic E-state index is 15.0. The van der Waals surface area contributed by atoms with Gasteiger partial charge in [0.05, 0.1) is 37.6 Å². The number of hydrogen-bond donors (Lipinski definition) is 1. The van der Waals surface area contributed by atoms with Crippen LogP contribution >= 0.6 is 0 Å².